The summed E-state index contributed by atoms with van der Waals surface area (Å²) in [5.41, 5.74) is 14.0. The molecule has 0 saturated carbocycles. The first-order chi connectivity index (χ1) is 20.6. The maximum absolute atomic E-state index is 11.7. The number of halogens is 3. The lowest BCUT2D eigenvalue weighted by Gasteiger charge is -2.18. The minimum Gasteiger partial charge on any atom is -0.398 e. The number of aryl methyl sites for hydroxylation is 2. The highest BCUT2D eigenvalue weighted by atomic mass is 35.5. The number of aromatic nitrogens is 7. The van der Waals surface area contributed by atoms with Crippen LogP contribution in [0.3, 0.4) is 0 Å². The molecular formula is C29H31ClF2N10O. The van der Waals surface area contributed by atoms with Gasteiger partial charge < -0.3 is 10.6 Å². The molecule has 3 aromatic heterocycles. The molecule has 1 aliphatic rings. The van der Waals surface area contributed by atoms with Gasteiger partial charge >= 0.3 is 0 Å². The Labute approximate surface area is 251 Å². The maximum atomic E-state index is 11.7. The van der Waals surface area contributed by atoms with E-state index >= 15 is 0 Å². The van der Waals surface area contributed by atoms with Crippen LogP contribution in [0.1, 0.15) is 42.3 Å². The topological polar surface area (TPSA) is 136 Å². The predicted molar refractivity (Wildman–Crippen MR) is 164 cm³/mol. The standard InChI is InChI=1S/C25H28ClN7.C4H3F2N3O/c1-14-9-20-19(12-28-31-20)23(24(14)26)22(15(2)30-18-7-8-32(3)13-18)25(27)16-5-6-21-17(10-16)11-29-33(21)4;5-3(6)4-7-1-9(2-10)8-4/h5-6,9-12,18H,7-8,13,27H2,1-4H3,(H,28,31);1-3H/b25-22+,30-15?;. The molecule has 0 spiro atoms. The minimum absolute atomic E-state index is 0.238. The molecule has 224 valence electrons. The summed E-state index contributed by atoms with van der Waals surface area (Å²) in [6, 6.07) is 8.41. The summed E-state index contributed by atoms with van der Waals surface area (Å²) in [5, 5.41) is 17.5. The highest BCUT2D eigenvalue weighted by Gasteiger charge is 2.24. The molecule has 0 bridgehead atoms. The molecule has 1 atom stereocenters. The molecule has 43 heavy (non-hydrogen) atoms. The molecule has 1 aliphatic heterocycles. The van der Waals surface area contributed by atoms with Crippen LogP contribution in [-0.4, -0.2) is 77.9 Å². The van der Waals surface area contributed by atoms with Gasteiger partial charge in [0.15, 0.2) is 0 Å². The Kier molecular flexibility index (Phi) is 8.64. The lowest BCUT2D eigenvalue weighted by Crippen LogP contribution is -2.17. The fourth-order valence-electron chi connectivity index (χ4n) is 5.23. The summed E-state index contributed by atoms with van der Waals surface area (Å²) in [5.74, 6) is -0.632. The maximum Gasteiger partial charge on any atom is 0.299 e. The first-order valence-corrected chi connectivity index (χ1v) is 13.9. The quantitative estimate of drug-likeness (QED) is 0.163. The second-order valence-corrected chi connectivity index (χ2v) is 10.8. The Balaban J connectivity index is 0.000000314. The first kappa shape index (κ1) is 30.0. The molecule has 11 nitrogen and oxygen atoms in total. The van der Waals surface area contributed by atoms with Crippen LogP contribution in [-0.2, 0) is 11.8 Å². The van der Waals surface area contributed by atoms with Crippen molar-refractivity contribution in [2.45, 2.75) is 32.7 Å². The van der Waals surface area contributed by atoms with Gasteiger partial charge in [0.05, 0.1) is 34.5 Å². The zero-order valence-electron chi connectivity index (χ0n) is 24.1. The Bertz CT molecular complexity index is 1850. The number of aromatic amines is 1. The van der Waals surface area contributed by atoms with Crippen molar-refractivity contribution in [3.05, 3.63) is 70.5 Å². The number of nitrogens with zero attached hydrogens (tertiary/aromatic N) is 8. The van der Waals surface area contributed by atoms with Crippen LogP contribution in [0, 0.1) is 6.92 Å². The number of carbonyl (C=O) groups excluding carboxylic acids is 1. The van der Waals surface area contributed by atoms with Crippen molar-refractivity contribution in [2.75, 3.05) is 20.1 Å². The number of carbonyl (C=O) groups is 1. The molecule has 0 amide bonds. The van der Waals surface area contributed by atoms with Crippen molar-refractivity contribution in [2.24, 2.45) is 17.8 Å². The molecule has 0 radical (unpaired) electrons. The van der Waals surface area contributed by atoms with Gasteiger partial charge in [-0.25, -0.2) is 13.8 Å². The van der Waals surface area contributed by atoms with Crippen molar-refractivity contribution in [3.63, 3.8) is 0 Å². The average molecular weight is 609 g/mol. The molecule has 2 aromatic carbocycles. The third-order valence-corrected chi connectivity index (χ3v) is 7.86. The van der Waals surface area contributed by atoms with E-state index in [1.54, 1.807) is 0 Å². The van der Waals surface area contributed by atoms with Gasteiger partial charge in [-0.2, -0.15) is 14.9 Å². The van der Waals surface area contributed by atoms with E-state index in [-0.39, 0.29) is 6.04 Å². The van der Waals surface area contributed by atoms with Crippen molar-refractivity contribution in [1.82, 2.24) is 39.6 Å². The summed E-state index contributed by atoms with van der Waals surface area (Å²) in [6.45, 7) is 6.02. The van der Waals surface area contributed by atoms with Gasteiger partial charge in [-0.3, -0.25) is 19.6 Å². The highest BCUT2D eigenvalue weighted by Crippen LogP contribution is 2.38. The normalized spacial score (nSPS) is 16.6. The zero-order chi connectivity index (χ0) is 30.8. The van der Waals surface area contributed by atoms with Crippen LogP contribution in [0.2, 0.25) is 5.02 Å². The molecule has 3 N–H and O–H groups in total. The molecule has 1 saturated heterocycles. The molecule has 6 rings (SSSR count). The minimum atomic E-state index is -2.72. The first-order valence-electron chi connectivity index (χ1n) is 13.5. The largest absolute Gasteiger partial charge is 0.398 e. The van der Waals surface area contributed by atoms with Crippen LogP contribution in [0.15, 0.2) is 48.0 Å². The molecule has 4 heterocycles. The van der Waals surface area contributed by atoms with Gasteiger partial charge in [-0.1, -0.05) is 17.7 Å². The smallest absolute Gasteiger partial charge is 0.299 e. The van der Waals surface area contributed by atoms with E-state index in [0.29, 0.717) is 21.8 Å². The number of fused-ring (bicyclic) bond motifs is 2. The number of hydrogen-bond acceptors (Lipinski definition) is 8. The van der Waals surface area contributed by atoms with Gasteiger partial charge in [0, 0.05) is 46.9 Å². The number of nitrogens with one attached hydrogen (secondary N) is 1. The number of H-pyrrole nitrogens is 1. The Morgan fingerprint density at radius 2 is 2.05 bits per heavy atom. The van der Waals surface area contributed by atoms with E-state index < -0.39 is 12.2 Å². The fourth-order valence-corrected chi connectivity index (χ4v) is 5.48. The van der Waals surface area contributed by atoms with Gasteiger partial charge in [0.1, 0.15) is 6.33 Å². The third kappa shape index (κ3) is 6.18. The molecule has 1 fully saturated rings. The van der Waals surface area contributed by atoms with Gasteiger partial charge in [-0.15, -0.1) is 5.10 Å². The second kappa shape index (κ2) is 12.4. The second-order valence-electron chi connectivity index (χ2n) is 10.5. The van der Waals surface area contributed by atoms with E-state index in [0.717, 1.165) is 75.6 Å². The van der Waals surface area contributed by atoms with Crippen molar-refractivity contribution in [3.8, 4) is 0 Å². The number of alkyl halides is 2. The number of aliphatic imine (C=N–C) groups is 1. The van der Waals surface area contributed by atoms with Crippen molar-refractivity contribution >= 4 is 56.8 Å². The summed E-state index contributed by atoms with van der Waals surface area (Å²) in [7, 11) is 4.07. The summed E-state index contributed by atoms with van der Waals surface area (Å²) < 4.78 is 25.9. The number of rotatable bonds is 6. The Morgan fingerprint density at radius 1 is 1.26 bits per heavy atom. The predicted octanol–water partition coefficient (Wildman–Crippen LogP) is 4.66. The van der Waals surface area contributed by atoms with Crippen LogP contribution < -0.4 is 5.73 Å². The third-order valence-electron chi connectivity index (χ3n) is 7.38. The number of likely N-dealkylation sites (N-methyl/N-ethyl adjacent to an activating group) is 1. The van der Waals surface area contributed by atoms with Crippen molar-refractivity contribution < 1.29 is 13.6 Å². The lowest BCUT2D eigenvalue weighted by molar-refractivity contribution is 0.140. The number of nitrogens with two attached hydrogens (primary N) is 1. The number of hydrogen-bond donors (Lipinski definition) is 2. The van der Waals surface area contributed by atoms with Gasteiger partial charge in [-0.05, 0) is 63.2 Å². The summed E-state index contributed by atoms with van der Waals surface area (Å²) in [6.07, 6.45) is 3.19. The average Bonchev–Trinajstić information content (AvgIpc) is 3.79. The van der Waals surface area contributed by atoms with Crippen LogP contribution in [0.4, 0.5) is 8.78 Å². The summed E-state index contributed by atoms with van der Waals surface area (Å²) in [4.78, 5) is 20.4. The SMILES string of the molecule is CC(=NC1CCN(C)C1)/C(=C(\N)c1ccc2c(cnn2C)c1)c1c(Cl)c(C)cc2[nH]ncc12.O=Cn1cnc(C(F)F)n1. The fraction of sp³-hybridized carbons (Fsp3) is 0.310. The van der Waals surface area contributed by atoms with Crippen molar-refractivity contribution in [1.29, 1.82) is 0 Å². The number of likely N-dealkylation sites (tertiary alicyclic amines) is 1. The van der Waals surface area contributed by atoms with Crippen LogP contribution in [0.25, 0.3) is 33.1 Å². The lowest BCUT2D eigenvalue weighted by atomic mass is 9.92. The molecule has 5 aromatic rings. The summed E-state index contributed by atoms with van der Waals surface area (Å²) >= 11 is 6.93. The van der Waals surface area contributed by atoms with E-state index in [1.165, 1.54) is 0 Å². The van der Waals surface area contributed by atoms with Crippen LogP contribution >= 0.6 is 11.6 Å². The Morgan fingerprint density at radius 3 is 2.70 bits per heavy atom. The zero-order valence-corrected chi connectivity index (χ0v) is 24.8. The van der Waals surface area contributed by atoms with Gasteiger partial charge in [0.25, 0.3) is 6.43 Å². The monoisotopic (exact) mass is 608 g/mol. The number of benzene rings is 2. The molecule has 14 heteroatoms. The van der Waals surface area contributed by atoms with E-state index in [4.69, 9.17) is 22.3 Å². The molecule has 0 aliphatic carbocycles. The van der Waals surface area contributed by atoms with E-state index in [9.17, 15) is 13.6 Å². The molecular weight excluding hydrogens is 578 g/mol. The molecule has 1 unspecified atom stereocenters. The van der Waals surface area contributed by atoms with E-state index in [2.05, 4.69) is 43.4 Å². The number of allylic oxidation sites excluding steroid dienone is 1. The van der Waals surface area contributed by atoms with Crippen LogP contribution in [0.5, 0.6) is 0 Å². The van der Waals surface area contributed by atoms with E-state index in [1.807, 2.05) is 56.2 Å². The highest BCUT2D eigenvalue weighted by molar-refractivity contribution is 6.40. The Hall–Kier alpha value is -4.49. The van der Waals surface area contributed by atoms with Gasteiger partial charge in [0.2, 0.25) is 12.2 Å².